The number of pyridine rings is 3. The van der Waals surface area contributed by atoms with Crippen LogP contribution in [-0.4, -0.2) is 20.9 Å². The van der Waals surface area contributed by atoms with Crippen molar-refractivity contribution in [2.75, 3.05) is 0 Å². The van der Waals surface area contributed by atoms with Gasteiger partial charge in [-0.1, -0.05) is 6.07 Å². The van der Waals surface area contributed by atoms with Gasteiger partial charge in [-0.3, -0.25) is 19.7 Å². The Morgan fingerprint density at radius 1 is 0.889 bits per heavy atom. The topological polar surface area (TPSA) is 81.8 Å². The Morgan fingerprint density at radius 3 is 2.22 bits per heavy atom. The minimum absolute atomic E-state index is 0.0894. The maximum Gasteiger partial charge on any atom is 0.218 e. The summed E-state index contributed by atoms with van der Waals surface area (Å²) in [6.45, 7) is 0. The number of aryl methyl sites for hydroxylation is 1. The van der Waals surface area contributed by atoms with E-state index in [0.29, 0.717) is 0 Å². The van der Waals surface area contributed by atoms with Crippen molar-refractivity contribution >= 4 is 5.91 Å². The van der Waals surface area contributed by atoms with Gasteiger partial charge in [-0.15, -0.1) is 0 Å². The molecular weight excluding hydrogens is 336 g/mol. The van der Waals surface area contributed by atoms with Crippen molar-refractivity contribution in [3.8, 4) is 0 Å². The van der Waals surface area contributed by atoms with Crippen molar-refractivity contribution < 1.29 is 4.79 Å². The molecule has 1 atom stereocenters. The highest BCUT2D eigenvalue weighted by molar-refractivity contribution is 5.76. The Kier molecular flexibility index (Phi) is 6.63. The van der Waals surface area contributed by atoms with Gasteiger partial charge in [-0.25, -0.2) is 0 Å². The number of nitrogens with zero attached hydrogens (tertiary/aromatic N) is 3. The van der Waals surface area contributed by atoms with Gasteiger partial charge < -0.3 is 5.73 Å². The van der Waals surface area contributed by atoms with Gasteiger partial charge in [0.1, 0.15) is 0 Å². The molecule has 1 radical (unpaired) electrons. The van der Waals surface area contributed by atoms with Gasteiger partial charge in [0, 0.05) is 43.6 Å². The van der Waals surface area contributed by atoms with Crippen LogP contribution in [0.15, 0.2) is 73.6 Å². The largest absolute Gasteiger partial charge is 0.370 e. The van der Waals surface area contributed by atoms with Crippen LogP contribution < -0.4 is 5.73 Å². The standard InChI is InChI=1S/C22H23N4O/c23-22(27)15-20(4-3-17-5-10-24-11-6-17)21(19-7-12-25-13-8-19)14-18-2-1-9-26-16-18/h1-2,5-13,16,21H,3-4,14-15H2,(H2,23,27). The van der Waals surface area contributed by atoms with Gasteiger partial charge >= 0.3 is 0 Å². The van der Waals surface area contributed by atoms with E-state index in [4.69, 9.17) is 5.73 Å². The van der Waals surface area contributed by atoms with E-state index in [2.05, 4.69) is 21.0 Å². The summed E-state index contributed by atoms with van der Waals surface area (Å²) < 4.78 is 0. The second kappa shape index (κ2) is 9.57. The summed E-state index contributed by atoms with van der Waals surface area (Å²) >= 11 is 0. The van der Waals surface area contributed by atoms with Gasteiger partial charge in [-0.2, -0.15) is 0 Å². The van der Waals surface area contributed by atoms with Crippen molar-refractivity contribution in [1.29, 1.82) is 0 Å². The Bertz CT molecular complexity index is 825. The summed E-state index contributed by atoms with van der Waals surface area (Å²) in [7, 11) is 0. The van der Waals surface area contributed by atoms with Crippen LogP contribution in [0.4, 0.5) is 0 Å². The van der Waals surface area contributed by atoms with E-state index < -0.39 is 0 Å². The molecule has 27 heavy (non-hydrogen) atoms. The normalized spacial score (nSPS) is 12.0. The predicted octanol–water partition coefficient (Wildman–Crippen LogP) is 3.28. The summed E-state index contributed by atoms with van der Waals surface area (Å²) in [5.41, 5.74) is 9.04. The molecule has 5 heteroatoms. The molecule has 3 aromatic heterocycles. The van der Waals surface area contributed by atoms with Crippen molar-refractivity contribution in [2.45, 2.75) is 31.6 Å². The van der Waals surface area contributed by atoms with Crippen LogP contribution in [0.25, 0.3) is 0 Å². The highest BCUT2D eigenvalue weighted by Crippen LogP contribution is 2.35. The quantitative estimate of drug-likeness (QED) is 0.636. The predicted molar refractivity (Wildman–Crippen MR) is 105 cm³/mol. The first-order valence-electron chi connectivity index (χ1n) is 9.03. The van der Waals surface area contributed by atoms with Crippen LogP contribution in [0.1, 0.15) is 35.4 Å². The molecule has 5 nitrogen and oxygen atoms in total. The summed E-state index contributed by atoms with van der Waals surface area (Å²) in [6, 6.07) is 12.0. The number of carbonyl (C=O) groups excluding carboxylic acids is 1. The Morgan fingerprint density at radius 2 is 1.59 bits per heavy atom. The van der Waals surface area contributed by atoms with Crippen molar-refractivity contribution in [3.63, 3.8) is 0 Å². The van der Waals surface area contributed by atoms with E-state index in [1.54, 1.807) is 31.0 Å². The van der Waals surface area contributed by atoms with Crippen molar-refractivity contribution in [3.05, 3.63) is 96.2 Å². The number of rotatable bonds is 9. The van der Waals surface area contributed by atoms with Gasteiger partial charge in [0.2, 0.25) is 5.91 Å². The third kappa shape index (κ3) is 5.71. The van der Waals surface area contributed by atoms with Crippen LogP contribution in [0.3, 0.4) is 0 Å². The zero-order valence-electron chi connectivity index (χ0n) is 15.2. The third-order valence-corrected chi connectivity index (χ3v) is 4.65. The Labute approximate surface area is 159 Å². The minimum Gasteiger partial charge on any atom is -0.370 e. The van der Waals surface area contributed by atoms with E-state index >= 15 is 0 Å². The average molecular weight is 359 g/mol. The number of nitrogens with two attached hydrogens (primary N) is 1. The van der Waals surface area contributed by atoms with Crippen LogP contribution in [0.5, 0.6) is 0 Å². The highest BCUT2D eigenvalue weighted by atomic mass is 16.1. The zero-order valence-corrected chi connectivity index (χ0v) is 15.2. The molecule has 0 aromatic carbocycles. The minimum atomic E-state index is -0.301. The van der Waals surface area contributed by atoms with Crippen LogP contribution in [0, 0.1) is 5.92 Å². The number of aromatic nitrogens is 3. The fourth-order valence-corrected chi connectivity index (χ4v) is 3.31. The summed E-state index contributed by atoms with van der Waals surface area (Å²) in [5, 5.41) is 0. The fourth-order valence-electron chi connectivity index (χ4n) is 3.31. The fraction of sp³-hybridized carbons (Fsp3) is 0.227. The van der Waals surface area contributed by atoms with Gasteiger partial charge in [0.15, 0.2) is 0 Å². The van der Waals surface area contributed by atoms with Gasteiger partial charge in [0.25, 0.3) is 0 Å². The molecule has 3 heterocycles. The monoisotopic (exact) mass is 359 g/mol. The molecule has 1 unspecified atom stereocenters. The second-order valence-electron chi connectivity index (χ2n) is 6.56. The van der Waals surface area contributed by atoms with E-state index in [0.717, 1.165) is 36.3 Å². The van der Waals surface area contributed by atoms with E-state index in [1.807, 2.05) is 36.5 Å². The SMILES string of the molecule is NC(=O)C[C](CCc1ccncc1)C(Cc1cccnc1)c1ccncc1. The van der Waals surface area contributed by atoms with E-state index in [9.17, 15) is 4.79 Å². The van der Waals surface area contributed by atoms with Crippen LogP contribution in [-0.2, 0) is 17.6 Å². The third-order valence-electron chi connectivity index (χ3n) is 4.65. The summed E-state index contributed by atoms with van der Waals surface area (Å²) in [4.78, 5) is 24.2. The molecule has 1 amide bonds. The van der Waals surface area contributed by atoms with Gasteiger partial charge in [0.05, 0.1) is 0 Å². The van der Waals surface area contributed by atoms with Crippen molar-refractivity contribution in [1.82, 2.24) is 15.0 Å². The Hall–Kier alpha value is -3.08. The van der Waals surface area contributed by atoms with Crippen LogP contribution in [0.2, 0.25) is 0 Å². The molecule has 0 fully saturated rings. The molecule has 3 rings (SSSR count). The number of carbonyl (C=O) groups is 1. The number of primary amides is 1. The maximum atomic E-state index is 11.8. The highest BCUT2D eigenvalue weighted by Gasteiger charge is 2.26. The molecule has 0 saturated heterocycles. The first-order chi connectivity index (χ1) is 13.2. The smallest absolute Gasteiger partial charge is 0.218 e. The molecule has 3 aromatic rings. The molecule has 0 aliphatic carbocycles. The average Bonchev–Trinajstić information content (AvgIpc) is 2.71. The molecule has 0 bridgehead atoms. The lowest BCUT2D eigenvalue weighted by molar-refractivity contribution is -0.117. The van der Waals surface area contributed by atoms with Crippen molar-refractivity contribution in [2.24, 2.45) is 5.73 Å². The van der Waals surface area contributed by atoms with Gasteiger partial charge in [-0.05, 0) is 78.1 Å². The first kappa shape index (κ1) is 18.7. The Balaban J connectivity index is 1.85. The lowest BCUT2D eigenvalue weighted by Crippen LogP contribution is -2.22. The second-order valence-corrected chi connectivity index (χ2v) is 6.56. The molecule has 0 saturated carbocycles. The molecular formula is C22H23N4O. The maximum absolute atomic E-state index is 11.8. The zero-order chi connectivity index (χ0) is 18.9. The van der Waals surface area contributed by atoms with Crippen LogP contribution >= 0.6 is 0 Å². The molecule has 137 valence electrons. The first-order valence-corrected chi connectivity index (χ1v) is 9.03. The molecule has 0 aliphatic heterocycles. The lowest BCUT2D eigenvalue weighted by atomic mass is 9.77. The molecule has 2 N–H and O–H groups in total. The summed E-state index contributed by atoms with van der Waals surface area (Å²) in [5.74, 6) is 0.922. The van der Waals surface area contributed by atoms with E-state index in [1.165, 1.54) is 5.56 Å². The number of hydrogen-bond acceptors (Lipinski definition) is 4. The molecule has 0 aliphatic rings. The summed E-state index contributed by atoms with van der Waals surface area (Å²) in [6.07, 6.45) is 13.5. The lowest BCUT2D eigenvalue weighted by Gasteiger charge is -2.26. The number of hydrogen-bond donors (Lipinski definition) is 1. The number of amides is 1. The van der Waals surface area contributed by atoms with E-state index in [-0.39, 0.29) is 18.2 Å². The molecule has 0 spiro atoms.